The van der Waals surface area contributed by atoms with Gasteiger partial charge in [-0.2, -0.15) is 4.31 Å². The molecule has 120 valence electrons. The molecule has 1 rings (SSSR count). The van der Waals surface area contributed by atoms with Crippen LogP contribution in [0.1, 0.15) is 46.0 Å². The Kier molecular flexibility index (Phi) is 6.91. The van der Waals surface area contributed by atoms with Crippen molar-refractivity contribution >= 4 is 10.0 Å². The first-order valence-electron chi connectivity index (χ1n) is 7.65. The van der Waals surface area contributed by atoms with E-state index in [0.717, 1.165) is 31.6 Å². The number of rotatable bonds is 8. The molecular weight excluding hydrogens is 276 g/mol. The van der Waals surface area contributed by atoms with Crippen molar-refractivity contribution in [2.75, 3.05) is 32.6 Å². The molecule has 1 aliphatic carbocycles. The molecule has 6 heteroatoms. The number of nitrogens with two attached hydrogens (primary N) is 1. The van der Waals surface area contributed by atoms with Crippen molar-refractivity contribution in [1.29, 1.82) is 0 Å². The molecule has 0 spiro atoms. The van der Waals surface area contributed by atoms with E-state index in [2.05, 4.69) is 6.92 Å². The fourth-order valence-electron chi connectivity index (χ4n) is 3.30. The van der Waals surface area contributed by atoms with E-state index in [1.807, 2.05) is 6.92 Å². The average molecular weight is 306 g/mol. The van der Waals surface area contributed by atoms with Crippen LogP contribution in [0.3, 0.4) is 0 Å². The van der Waals surface area contributed by atoms with Crippen LogP contribution in [-0.4, -0.2) is 50.8 Å². The zero-order valence-electron chi connectivity index (χ0n) is 13.1. The standard InChI is InChI=1S/C14H30N2O3S/c1-4-13-6-8-14(12-15,9-7-13)16(5-2)20(17,18)11-10-19-3/h13H,4-12,15H2,1-3H3. The Morgan fingerprint density at radius 1 is 1.30 bits per heavy atom. The van der Waals surface area contributed by atoms with E-state index in [1.54, 1.807) is 4.31 Å². The highest BCUT2D eigenvalue weighted by Crippen LogP contribution is 2.38. The van der Waals surface area contributed by atoms with Gasteiger partial charge in [0, 0.05) is 25.7 Å². The predicted molar refractivity (Wildman–Crippen MR) is 82.1 cm³/mol. The van der Waals surface area contributed by atoms with Crippen molar-refractivity contribution in [2.45, 2.75) is 51.5 Å². The first-order chi connectivity index (χ1) is 9.45. The third-order valence-corrected chi connectivity index (χ3v) is 6.69. The van der Waals surface area contributed by atoms with Gasteiger partial charge in [0.1, 0.15) is 0 Å². The minimum absolute atomic E-state index is 0.0380. The predicted octanol–water partition coefficient (Wildman–Crippen LogP) is 1.58. The second-order valence-electron chi connectivity index (χ2n) is 5.75. The van der Waals surface area contributed by atoms with Crippen molar-refractivity contribution in [3.05, 3.63) is 0 Å². The summed E-state index contributed by atoms with van der Waals surface area (Å²) in [5.74, 6) is 0.756. The highest BCUT2D eigenvalue weighted by atomic mass is 32.2. The van der Waals surface area contributed by atoms with Gasteiger partial charge in [0.15, 0.2) is 0 Å². The third-order valence-electron chi connectivity index (χ3n) is 4.69. The van der Waals surface area contributed by atoms with Gasteiger partial charge in [-0.3, -0.25) is 0 Å². The highest BCUT2D eigenvalue weighted by Gasteiger charge is 2.43. The van der Waals surface area contributed by atoms with Crippen LogP contribution in [0.4, 0.5) is 0 Å². The number of ether oxygens (including phenoxy) is 1. The Labute approximate surface area is 123 Å². The fourth-order valence-corrected chi connectivity index (χ4v) is 5.14. The molecular formula is C14H30N2O3S. The van der Waals surface area contributed by atoms with Crippen LogP contribution in [0.5, 0.6) is 0 Å². The monoisotopic (exact) mass is 306 g/mol. The summed E-state index contributed by atoms with van der Waals surface area (Å²) in [6.07, 6.45) is 5.07. The van der Waals surface area contributed by atoms with E-state index in [9.17, 15) is 8.42 Å². The molecule has 0 bridgehead atoms. The smallest absolute Gasteiger partial charge is 0.216 e. The molecule has 0 aromatic heterocycles. The maximum absolute atomic E-state index is 12.5. The van der Waals surface area contributed by atoms with Crippen LogP contribution in [0.25, 0.3) is 0 Å². The molecule has 2 N–H and O–H groups in total. The number of sulfonamides is 1. The SMILES string of the molecule is CCC1CCC(CN)(N(CC)S(=O)(=O)CCOC)CC1. The molecule has 1 fully saturated rings. The topological polar surface area (TPSA) is 72.6 Å². The number of hydrogen-bond donors (Lipinski definition) is 1. The molecule has 0 amide bonds. The zero-order valence-corrected chi connectivity index (χ0v) is 13.9. The number of hydrogen-bond acceptors (Lipinski definition) is 4. The van der Waals surface area contributed by atoms with Gasteiger partial charge in [0.25, 0.3) is 0 Å². The first-order valence-corrected chi connectivity index (χ1v) is 9.26. The Bertz CT molecular complexity index is 376. The summed E-state index contributed by atoms with van der Waals surface area (Å²) < 4.78 is 31.6. The van der Waals surface area contributed by atoms with E-state index in [1.165, 1.54) is 13.5 Å². The van der Waals surface area contributed by atoms with Gasteiger partial charge in [-0.05, 0) is 31.6 Å². The molecule has 0 saturated heterocycles. The largest absolute Gasteiger partial charge is 0.384 e. The van der Waals surface area contributed by atoms with Crippen molar-refractivity contribution in [1.82, 2.24) is 4.31 Å². The number of methoxy groups -OCH3 is 1. The second kappa shape index (κ2) is 7.73. The molecule has 0 aromatic rings. The van der Waals surface area contributed by atoms with Gasteiger partial charge in [0.2, 0.25) is 10.0 Å². The van der Waals surface area contributed by atoms with Crippen molar-refractivity contribution in [3.8, 4) is 0 Å². The maximum atomic E-state index is 12.5. The van der Waals surface area contributed by atoms with Crippen LogP contribution < -0.4 is 5.73 Å². The van der Waals surface area contributed by atoms with E-state index < -0.39 is 10.0 Å². The maximum Gasteiger partial charge on any atom is 0.216 e. The summed E-state index contributed by atoms with van der Waals surface area (Å²) in [4.78, 5) is 0. The van der Waals surface area contributed by atoms with E-state index >= 15 is 0 Å². The molecule has 0 atom stereocenters. The normalized spacial score (nSPS) is 27.9. The highest BCUT2D eigenvalue weighted by molar-refractivity contribution is 7.89. The van der Waals surface area contributed by atoms with Crippen molar-refractivity contribution < 1.29 is 13.2 Å². The summed E-state index contributed by atoms with van der Waals surface area (Å²) in [6, 6.07) is 0. The number of likely N-dealkylation sites (N-methyl/N-ethyl adjacent to an activating group) is 1. The van der Waals surface area contributed by atoms with Gasteiger partial charge in [-0.15, -0.1) is 0 Å². The summed E-state index contributed by atoms with van der Waals surface area (Å²) >= 11 is 0. The summed E-state index contributed by atoms with van der Waals surface area (Å²) in [7, 11) is -1.78. The van der Waals surface area contributed by atoms with Crippen molar-refractivity contribution in [2.24, 2.45) is 11.7 Å². The molecule has 20 heavy (non-hydrogen) atoms. The Balaban J connectivity index is 2.90. The van der Waals surface area contributed by atoms with Gasteiger partial charge in [-0.25, -0.2) is 8.42 Å². The van der Waals surface area contributed by atoms with Crippen LogP contribution >= 0.6 is 0 Å². The quantitative estimate of drug-likeness (QED) is 0.739. The molecule has 5 nitrogen and oxygen atoms in total. The molecule has 0 aliphatic heterocycles. The van der Waals surface area contributed by atoms with Gasteiger partial charge < -0.3 is 10.5 Å². The summed E-state index contributed by atoms with van der Waals surface area (Å²) in [5, 5.41) is 0. The molecule has 0 unspecified atom stereocenters. The van der Waals surface area contributed by atoms with E-state index in [0.29, 0.717) is 13.1 Å². The van der Waals surface area contributed by atoms with Crippen LogP contribution in [0.2, 0.25) is 0 Å². The van der Waals surface area contributed by atoms with Crippen LogP contribution in [0.15, 0.2) is 0 Å². The molecule has 0 radical (unpaired) electrons. The fraction of sp³-hybridized carbons (Fsp3) is 1.00. The lowest BCUT2D eigenvalue weighted by Crippen LogP contribution is -2.58. The molecule has 0 heterocycles. The zero-order chi connectivity index (χ0) is 15.2. The Morgan fingerprint density at radius 3 is 2.30 bits per heavy atom. The minimum atomic E-state index is -3.30. The van der Waals surface area contributed by atoms with Gasteiger partial charge in [-0.1, -0.05) is 20.3 Å². The van der Waals surface area contributed by atoms with Gasteiger partial charge in [0.05, 0.1) is 12.4 Å². The summed E-state index contributed by atoms with van der Waals surface area (Å²) in [6.45, 7) is 5.22. The minimum Gasteiger partial charge on any atom is -0.384 e. The lowest BCUT2D eigenvalue weighted by atomic mass is 9.75. The van der Waals surface area contributed by atoms with Gasteiger partial charge >= 0.3 is 0 Å². The van der Waals surface area contributed by atoms with E-state index in [4.69, 9.17) is 10.5 Å². The third kappa shape index (κ3) is 3.93. The molecule has 1 aliphatic rings. The average Bonchev–Trinajstić information content (AvgIpc) is 2.46. The first kappa shape index (κ1) is 17.9. The van der Waals surface area contributed by atoms with Crippen LogP contribution in [0, 0.1) is 5.92 Å². The van der Waals surface area contributed by atoms with E-state index in [-0.39, 0.29) is 17.9 Å². The Morgan fingerprint density at radius 2 is 1.90 bits per heavy atom. The summed E-state index contributed by atoms with van der Waals surface area (Å²) in [5.41, 5.74) is 5.61. The van der Waals surface area contributed by atoms with Crippen LogP contribution in [-0.2, 0) is 14.8 Å². The molecule has 1 saturated carbocycles. The van der Waals surface area contributed by atoms with Crippen molar-refractivity contribution in [3.63, 3.8) is 0 Å². The second-order valence-corrected chi connectivity index (χ2v) is 7.77. The lowest BCUT2D eigenvalue weighted by molar-refractivity contribution is 0.113. The lowest BCUT2D eigenvalue weighted by Gasteiger charge is -2.46. The molecule has 0 aromatic carbocycles. The Hall–Kier alpha value is -0.170. The number of nitrogens with zero attached hydrogens (tertiary/aromatic N) is 1.